The lowest BCUT2D eigenvalue weighted by atomic mass is 10.5. The van der Waals surface area contributed by atoms with E-state index in [0.717, 1.165) is 0 Å². The number of rotatable bonds is 2. The minimum atomic E-state index is -0.532. The summed E-state index contributed by atoms with van der Waals surface area (Å²) in [5.41, 5.74) is 0. The maximum absolute atomic E-state index is 10.3. The van der Waals surface area contributed by atoms with Crippen LogP contribution >= 0.6 is 0 Å². The molecule has 4 nitrogen and oxygen atoms in total. The fourth-order valence-corrected chi connectivity index (χ4v) is 0.527. The Labute approximate surface area is 60.0 Å². The first-order chi connectivity index (χ1) is 4.52. The van der Waals surface area contributed by atoms with Crippen molar-refractivity contribution in [1.29, 1.82) is 0 Å². The molecule has 0 bridgehead atoms. The van der Waals surface area contributed by atoms with Gasteiger partial charge >= 0.3 is 0 Å². The molecule has 1 radical (unpaired) electrons. The first-order valence-corrected chi connectivity index (χ1v) is 2.89. The first kappa shape index (κ1) is 8.94. The fraction of sp³-hybridized carbons (Fsp3) is 0.500. The zero-order chi connectivity index (χ0) is 8.15. The van der Waals surface area contributed by atoms with Crippen LogP contribution in [0.25, 0.3) is 0 Å². The summed E-state index contributed by atoms with van der Waals surface area (Å²) < 4.78 is 0. The van der Waals surface area contributed by atoms with Gasteiger partial charge in [-0.3, -0.25) is 9.59 Å². The molecule has 57 valence electrons. The molecule has 0 saturated carbocycles. The van der Waals surface area contributed by atoms with Crippen LogP contribution in [0.15, 0.2) is 0 Å². The molecule has 2 N–H and O–H groups in total. The molecular weight excluding hydrogens is 132 g/mol. The van der Waals surface area contributed by atoms with Gasteiger partial charge in [0.15, 0.2) is 0 Å². The van der Waals surface area contributed by atoms with E-state index < -0.39 is 6.17 Å². The maximum Gasteiger partial charge on any atom is 0.218 e. The fourth-order valence-electron chi connectivity index (χ4n) is 0.527. The molecule has 0 fully saturated rings. The molecular formula is C6H11N2O2. The van der Waals surface area contributed by atoms with Crippen LogP contribution in [0.5, 0.6) is 0 Å². The summed E-state index contributed by atoms with van der Waals surface area (Å²) in [5, 5.41) is 4.78. The van der Waals surface area contributed by atoms with Crippen LogP contribution in [-0.4, -0.2) is 18.0 Å². The van der Waals surface area contributed by atoms with E-state index >= 15 is 0 Å². The normalized spacial score (nSPS) is 9.20. The van der Waals surface area contributed by atoms with Crippen LogP contribution < -0.4 is 10.6 Å². The highest BCUT2D eigenvalue weighted by Crippen LogP contribution is 1.73. The van der Waals surface area contributed by atoms with E-state index in [1.54, 1.807) is 0 Å². The number of amides is 2. The number of nitrogens with one attached hydrogen (secondary N) is 2. The van der Waals surface area contributed by atoms with Gasteiger partial charge in [0.25, 0.3) is 0 Å². The van der Waals surface area contributed by atoms with E-state index in [2.05, 4.69) is 17.6 Å². The highest BCUT2D eigenvalue weighted by molar-refractivity contribution is 5.76. The van der Waals surface area contributed by atoms with Gasteiger partial charge in [0.2, 0.25) is 11.8 Å². The van der Waals surface area contributed by atoms with E-state index in [1.165, 1.54) is 13.8 Å². The van der Waals surface area contributed by atoms with Gasteiger partial charge in [-0.05, 0) is 6.92 Å². The Morgan fingerprint density at radius 1 is 1.20 bits per heavy atom. The highest BCUT2D eigenvalue weighted by Gasteiger charge is 2.02. The van der Waals surface area contributed by atoms with Crippen LogP contribution in [-0.2, 0) is 9.59 Å². The summed E-state index contributed by atoms with van der Waals surface area (Å²) in [6.07, 6.45) is -0.532. The zero-order valence-electron chi connectivity index (χ0n) is 6.10. The van der Waals surface area contributed by atoms with Gasteiger partial charge in [0.05, 0.1) is 0 Å². The Kier molecular flexibility index (Phi) is 3.46. The molecule has 0 aromatic heterocycles. The molecule has 0 atom stereocenters. The molecule has 0 rings (SSSR count). The second kappa shape index (κ2) is 3.87. The van der Waals surface area contributed by atoms with Crippen molar-refractivity contribution in [2.75, 3.05) is 0 Å². The van der Waals surface area contributed by atoms with Crippen molar-refractivity contribution in [3.63, 3.8) is 0 Å². The number of carbonyl (C=O) groups is 2. The van der Waals surface area contributed by atoms with E-state index in [-0.39, 0.29) is 11.8 Å². The standard InChI is InChI=1S/C6H11N2O2/c1-4(7-5(2)9)8-6(3)10/h4H,1H2,2-3H3,(H,7,9)(H,8,10). The first-order valence-electron chi connectivity index (χ1n) is 2.89. The molecule has 0 unspecified atom stereocenters. The second-order valence-corrected chi connectivity index (χ2v) is 1.95. The zero-order valence-corrected chi connectivity index (χ0v) is 6.10. The van der Waals surface area contributed by atoms with Crippen LogP contribution in [0.3, 0.4) is 0 Å². The number of hydrogen-bond donors (Lipinski definition) is 2. The molecule has 0 spiro atoms. The third kappa shape index (κ3) is 5.08. The van der Waals surface area contributed by atoms with Gasteiger partial charge in [-0.2, -0.15) is 0 Å². The molecule has 10 heavy (non-hydrogen) atoms. The predicted octanol–water partition coefficient (Wildman–Crippen LogP) is -0.581. The van der Waals surface area contributed by atoms with Crippen molar-refractivity contribution < 1.29 is 9.59 Å². The quantitative estimate of drug-likeness (QED) is 0.508. The molecule has 0 saturated heterocycles. The summed E-state index contributed by atoms with van der Waals surface area (Å²) in [5.74, 6) is -0.428. The lowest BCUT2D eigenvalue weighted by Gasteiger charge is -2.11. The largest absolute Gasteiger partial charge is 0.336 e. The van der Waals surface area contributed by atoms with Crippen LogP contribution in [0.1, 0.15) is 13.8 Å². The Balaban J connectivity index is 3.53. The third-order valence-electron chi connectivity index (χ3n) is 0.755. The molecule has 0 aliphatic carbocycles. The molecule has 0 aromatic rings. The van der Waals surface area contributed by atoms with Gasteiger partial charge in [0, 0.05) is 13.8 Å². The summed E-state index contributed by atoms with van der Waals surface area (Å²) in [4.78, 5) is 20.7. The topological polar surface area (TPSA) is 58.2 Å². The molecule has 4 heteroatoms. The lowest BCUT2D eigenvalue weighted by molar-refractivity contribution is -0.121. The molecule has 2 amide bonds. The lowest BCUT2D eigenvalue weighted by Crippen LogP contribution is -2.44. The SMILES string of the molecule is [CH2]C(NC(C)=O)NC(C)=O. The Bertz CT molecular complexity index is 129. The van der Waals surface area contributed by atoms with Crippen molar-refractivity contribution in [2.45, 2.75) is 20.0 Å². The summed E-state index contributed by atoms with van der Waals surface area (Å²) in [7, 11) is 0. The average Bonchev–Trinajstić information content (AvgIpc) is 1.58. The van der Waals surface area contributed by atoms with Gasteiger partial charge in [-0.15, -0.1) is 0 Å². The Morgan fingerprint density at radius 3 is 1.70 bits per heavy atom. The van der Waals surface area contributed by atoms with Crippen molar-refractivity contribution in [1.82, 2.24) is 10.6 Å². The number of hydrogen-bond acceptors (Lipinski definition) is 2. The van der Waals surface area contributed by atoms with E-state index in [9.17, 15) is 9.59 Å². The minimum absolute atomic E-state index is 0.214. The molecule has 0 aliphatic rings. The average molecular weight is 143 g/mol. The summed E-state index contributed by atoms with van der Waals surface area (Å²) in [6, 6.07) is 0. The second-order valence-electron chi connectivity index (χ2n) is 1.95. The molecule has 0 aliphatic heterocycles. The van der Waals surface area contributed by atoms with Crippen LogP contribution in [0, 0.1) is 6.92 Å². The van der Waals surface area contributed by atoms with Gasteiger partial charge in [-0.1, -0.05) is 0 Å². The molecule has 0 heterocycles. The Hall–Kier alpha value is -1.06. The highest BCUT2D eigenvalue weighted by atomic mass is 16.2. The predicted molar refractivity (Wildman–Crippen MR) is 36.8 cm³/mol. The van der Waals surface area contributed by atoms with Gasteiger partial charge < -0.3 is 10.6 Å². The van der Waals surface area contributed by atoms with Crippen molar-refractivity contribution >= 4 is 11.8 Å². The Morgan fingerprint density at radius 2 is 1.50 bits per heavy atom. The van der Waals surface area contributed by atoms with E-state index in [1.807, 2.05) is 0 Å². The van der Waals surface area contributed by atoms with Crippen molar-refractivity contribution in [3.8, 4) is 0 Å². The molecule has 0 aromatic carbocycles. The monoisotopic (exact) mass is 143 g/mol. The maximum atomic E-state index is 10.3. The van der Waals surface area contributed by atoms with Crippen LogP contribution in [0.2, 0.25) is 0 Å². The third-order valence-corrected chi connectivity index (χ3v) is 0.755. The number of carbonyl (C=O) groups excluding carboxylic acids is 2. The van der Waals surface area contributed by atoms with Crippen molar-refractivity contribution in [2.24, 2.45) is 0 Å². The van der Waals surface area contributed by atoms with Gasteiger partial charge in [-0.25, -0.2) is 0 Å². The van der Waals surface area contributed by atoms with E-state index in [0.29, 0.717) is 0 Å². The summed E-state index contributed by atoms with van der Waals surface area (Å²) >= 11 is 0. The van der Waals surface area contributed by atoms with Crippen LogP contribution in [0.4, 0.5) is 0 Å². The van der Waals surface area contributed by atoms with E-state index in [4.69, 9.17) is 0 Å². The smallest absolute Gasteiger partial charge is 0.218 e. The summed E-state index contributed by atoms with van der Waals surface area (Å²) in [6.45, 7) is 6.18. The van der Waals surface area contributed by atoms with Gasteiger partial charge in [0.1, 0.15) is 6.17 Å². The van der Waals surface area contributed by atoms with Crippen molar-refractivity contribution in [3.05, 3.63) is 6.92 Å². The minimum Gasteiger partial charge on any atom is -0.336 e.